The van der Waals surface area contributed by atoms with Gasteiger partial charge >= 0.3 is 0 Å². The Morgan fingerprint density at radius 1 is 0.519 bits per heavy atom. The zero-order valence-corrected chi connectivity index (χ0v) is 14.9. The van der Waals surface area contributed by atoms with Gasteiger partial charge < -0.3 is 11.5 Å². The number of rotatable bonds is 2. The van der Waals surface area contributed by atoms with Gasteiger partial charge in [-0.2, -0.15) is 0 Å². The third kappa shape index (κ3) is 2.49. The molecule has 4 N–H and O–H groups in total. The van der Waals surface area contributed by atoms with E-state index in [1.807, 2.05) is 24.3 Å². The van der Waals surface area contributed by atoms with E-state index in [0.717, 1.165) is 11.4 Å². The lowest BCUT2D eigenvalue weighted by molar-refractivity contribution is 1.02. The fourth-order valence-corrected chi connectivity index (χ4v) is 4.21. The second-order valence-corrected chi connectivity index (χ2v) is 7.08. The maximum absolute atomic E-state index is 5.94. The van der Waals surface area contributed by atoms with Crippen LogP contribution in [0.1, 0.15) is 22.6 Å². The number of nitrogen functional groups attached to an aromatic ring is 2. The molecule has 0 aliphatic heterocycles. The van der Waals surface area contributed by atoms with E-state index < -0.39 is 0 Å². The molecular formula is C25H20N2. The first-order valence-electron chi connectivity index (χ1n) is 9.16. The van der Waals surface area contributed by atoms with E-state index in [2.05, 4.69) is 66.7 Å². The van der Waals surface area contributed by atoms with Crippen molar-refractivity contribution in [3.8, 4) is 22.3 Å². The van der Waals surface area contributed by atoms with Crippen LogP contribution in [0.5, 0.6) is 0 Å². The summed E-state index contributed by atoms with van der Waals surface area (Å²) in [5.41, 5.74) is 22.4. The van der Waals surface area contributed by atoms with Crippen molar-refractivity contribution in [3.63, 3.8) is 0 Å². The fourth-order valence-electron chi connectivity index (χ4n) is 4.21. The zero-order valence-electron chi connectivity index (χ0n) is 14.9. The van der Waals surface area contributed by atoms with Crippen LogP contribution in [-0.4, -0.2) is 0 Å². The molecule has 4 aromatic carbocycles. The highest BCUT2D eigenvalue weighted by atomic mass is 14.5. The summed E-state index contributed by atoms with van der Waals surface area (Å²) in [6.07, 6.45) is 0. The van der Waals surface area contributed by atoms with Gasteiger partial charge in [0, 0.05) is 17.3 Å². The maximum Gasteiger partial charge on any atom is 0.0358 e. The Balaban J connectivity index is 1.79. The van der Waals surface area contributed by atoms with Crippen LogP contribution >= 0.6 is 0 Å². The normalized spacial score (nSPS) is 14.6. The van der Waals surface area contributed by atoms with Crippen LogP contribution in [0.25, 0.3) is 22.3 Å². The van der Waals surface area contributed by atoms with Gasteiger partial charge in [-0.1, -0.05) is 66.7 Å². The highest BCUT2D eigenvalue weighted by molar-refractivity contribution is 5.88. The smallest absolute Gasteiger partial charge is 0.0358 e. The lowest BCUT2D eigenvalue weighted by Gasteiger charge is -2.18. The molecular weight excluding hydrogens is 328 g/mol. The van der Waals surface area contributed by atoms with E-state index in [1.54, 1.807) is 0 Å². The van der Waals surface area contributed by atoms with Crippen LogP contribution in [0.2, 0.25) is 0 Å². The monoisotopic (exact) mass is 348 g/mol. The summed E-state index contributed by atoms with van der Waals surface area (Å²) in [6, 6.07) is 31.7. The summed E-state index contributed by atoms with van der Waals surface area (Å²) in [7, 11) is 0. The molecule has 0 aromatic heterocycles. The lowest BCUT2D eigenvalue weighted by atomic mass is 9.85. The Morgan fingerprint density at radius 2 is 1.11 bits per heavy atom. The van der Waals surface area contributed by atoms with Crippen LogP contribution in [0.3, 0.4) is 0 Å². The molecule has 1 unspecified atom stereocenters. The van der Waals surface area contributed by atoms with E-state index in [0.29, 0.717) is 0 Å². The first kappa shape index (κ1) is 15.7. The van der Waals surface area contributed by atoms with Crippen molar-refractivity contribution in [1.82, 2.24) is 0 Å². The van der Waals surface area contributed by atoms with Gasteiger partial charge in [0.1, 0.15) is 0 Å². The fraction of sp³-hybridized carbons (Fsp3) is 0.0400. The molecule has 1 aliphatic carbocycles. The average Bonchev–Trinajstić information content (AvgIpc) is 3.04. The van der Waals surface area contributed by atoms with E-state index in [-0.39, 0.29) is 5.92 Å². The number of anilines is 2. The van der Waals surface area contributed by atoms with Crippen LogP contribution in [0, 0.1) is 0 Å². The van der Waals surface area contributed by atoms with Gasteiger partial charge in [-0.25, -0.2) is 0 Å². The second kappa shape index (κ2) is 6.03. The zero-order chi connectivity index (χ0) is 18.4. The van der Waals surface area contributed by atoms with Crippen molar-refractivity contribution in [2.75, 3.05) is 11.5 Å². The predicted molar refractivity (Wildman–Crippen MR) is 114 cm³/mol. The summed E-state index contributed by atoms with van der Waals surface area (Å²) in [5.74, 6) is 0.200. The predicted octanol–water partition coefficient (Wildman–Crippen LogP) is 5.68. The van der Waals surface area contributed by atoms with Crippen LogP contribution in [-0.2, 0) is 0 Å². The summed E-state index contributed by atoms with van der Waals surface area (Å²) < 4.78 is 0. The Bertz CT molecular complexity index is 1130. The van der Waals surface area contributed by atoms with E-state index in [1.165, 1.54) is 38.9 Å². The minimum absolute atomic E-state index is 0.200. The Labute approximate surface area is 159 Å². The Hall–Kier alpha value is -3.52. The summed E-state index contributed by atoms with van der Waals surface area (Å²) in [4.78, 5) is 0. The molecule has 27 heavy (non-hydrogen) atoms. The SMILES string of the molecule is Nc1ccc(-c2cccc3c2C(c2ccc(N)cc2)c2ccccc2-3)cc1. The molecule has 0 saturated carbocycles. The molecule has 0 amide bonds. The van der Waals surface area contributed by atoms with Crippen molar-refractivity contribution >= 4 is 11.4 Å². The van der Waals surface area contributed by atoms with Gasteiger partial charge in [0.25, 0.3) is 0 Å². The minimum atomic E-state index is 0.200. The molecule has 2 heteroatoms. The molecule has 4 aromatic rings. The number of hydrogen-bond donors (Lipinski definition) is 2. The van der Waals surface area contributed by atoms with Crippen molar-refractivity contribution < 1.29 is 0 Å². The highest BCUT2D eigenvalue weighted by Gasteiger charge is 2.31. The largest absolute Gasteiger partial charge is 0.399 e. The van der Waals surface area contributed by atoms with Crippen molar-refractivity contribution in [1.29, 1.82) is 0 Å². The van der Waals surface area contributed by atoms with E-state index in [4.69, 9.17) is 11.5 Å². The first-order valence-corrected chi connectivity index (χ1v) is 9.16. The number of nitrogens with two attached hydrogens (primary N) is 2. The molecule has 0 heterocycles. The Morgan fingerprint density at radius 3 is 1.85 bits per heavy atom. The summed E-state index contributed by atoms with van der Waals surface area (Å²) >= 11 is 0. The van der Waals surface area contributed by atoms with E-state index >= 15 is 0 Å². The molecule has 2 nitrogen and oxygen atoms in total. The molecule has 1 atom stereocenters. The van der Waals surface area contributed by atoms with Crippen LogP contribution in [0.15, 0.2) is 91.0 Å². The number of fused-ring (bicyclic) bond motifs is 3. The van der Waals surface area contributed by atoms with Crippen molar-refractivity contribution in [2.24, 2.45) is 0 Å². The Kier molecular flexibility index (Phi) is 3.51. The van der Waals surface area contributed by atoms with Gasteiger partial charge in [-0.05, 0) is 63.2 Å². The van der Waals surface area contributed by atoms with Crippen molar-refractivity contribution in [3.05, 3.63) is 108 Å². The van der Waals surface area contributed by atoms with E-state index in [9.17, 15) is 0 Å². The number of hydrogen-bond acceptors (Lipinski definition) is 2. The van der Waals surface area contributed by atoms with Crippen molar-refractivity contribution in [2.45, 2.75) is 5.92 Å². The molecule has 0 bridgehead atoms. The molecule has 0 fully saturated rings. The maximum atomic E-state index is 5.94. The first-order chi connectivity index (χ1) is 13.2. The number of benzene rings is 4. The molecule has 130 valence electrons. The molecule has 0 saturated heterocycles. The quantitative estimate of drug-likeness (QED) is 0.403. The van der Waals surface area contributed by atoms with Gasteiger partial charge in [0.15, 0.2) is 0 Å². The topological polar surface area (TPSA) is 52.0 Å². The molecule has 0 radical (unpaired) electrons. The standard InChI is InChI=1S/C25H20N2/c26-18-12-8-16(9-13-18)20-6-3-7-23-21-4-1-2-5-22(21)24(25(20)23)17-10-14-19(27)15-11-17/h1-15,24H,26-27H2. The van der Waals surface area contributed by atoms with Gasteiger partial charge in [-0.3, -0.25) is 0 Å². The molecule has 1 aliphatic rings. The third-order valence-corrected chi connectivity index (χ3v) is 5.45. The summed E-state index contributed by atoms with van der Waals surface area (Å²) in [5, 5.41) is 0. The average molecular weight is 348 g/mol. The lowest BCUT2D eigenvalue weighted by Crippen LogP contribution is -2.01. The van der Waals surface area contributed by atoms with Gasteiger partial charge in [0.2, 0.25) is 0 Å². The van der Waals surface area contributed by atoms with Gasteiger partial charge in [-0.15, -0.1) is 0 Å². The second-order valence-electron chi connectivity index (χ2n) is 7.08. The van der Waals surface area contributed by atoms with Gasteiger partial charge in [0.05, 0.1) is 0 Å². The highest BCUT2D eigenvalue weighted by Crippen LogP contribution is 2.51. The molecule has 5 rings (SSSR count). The van der Waals surface area contributed by atoms with Crippen LogP contribution in [0.4, 0.5) is 11.4 Å². The third-order valence-electron chi connectivity index (χ3n) is 5.45. The summed E-state index contributed by atoms with van der Waals surface area (Å²) in [6.45, 7) is 0. The van der Waals surface area contributed by atoms with Crippen LogP contribution < -0.4 is 11.5 Å². The minimum Gasteiger partial charge on any atom is -0.399 e. The molecule has 0 spiro atoms.